The van der Waals surface area contributed by atoms with Crippen LogP contribution in [0.2, 0.25) is 0 Å². The van der Waals surface area contributed by atoms with Gasteiger partial charge < -0.3 is 10.1 Å². The lowest BCUT2D eigenvalue weighted by Gasteiger charge is -2.11. The van der Waals surface area contributed by atoms with Crippen LogP contribution in [0.15, 0.2) is 15.7 Å². The van der Waals surface area contributed by atoms with Gasteiger partial charge in [-0.2, -0.15) is 0 Å². The van der Waals surface area contributed by atoms with Crippen LogP contribution < -0.4 is 10.0 Å². The highest BCUT2D eigenvalue weighted by molar-refractivity contribution is 7.91. The molecule has 110 valence electrons. The van der Waals surface area contributed by atoms with Gasteiger partial charge in [-0.3, -0.25) is 0 Å². The Morgan fingerprint density at radius 1 is 1.37 bits per heavy atom. The average molecular weight is 306 g/mol. The van der Waals surface area contributed by atoms with E-state index in [9.17, 15) is 8.42 Å². The monoisotopic (exact) mass is 306 g/mol. The van der Waals surface area contributed by atoms with E-state index >= 15 is 0 Å². The van der Waals surface area contributed by atoms with E-state index in [0.29, 0.717) is 23.4 Å². The van der Waals surface area contributed by atoms with E-state index in [0.717, 1.165) is 5.56 Å². The molecule has 1 atom stereocenters. The highest BCUT2D eigenvalue weighted by Gasteiger charge is 2.19. The Balaban J connectivity index is 2.68. The van der Waals surface area contributed by atoms with Crippen molar-refractivity contribution in [3.8, 4) is 0 Å². The minimum atomic E-state index is -3.44. The number of methoxy groups -OCH3 is 1. The van der Waals surface area contributed by atoms with Crippen LogP contribution in [0.25, 0.3) is 0 Å². The molecule has 1 heterocycles. The minimum absolute atomic E-state index is 0.241. The molecule has 0 radical (unpaired) electrons. The van der Waals surface area contributed by atoms with Crippen LogP contribution in [-0.4, -0.2) is 34.2 Å². The maximum atomic E-state index is 12.1. The molecule has 0 aliphatic carbocycles. The number of ether oxygens (including phenoxy) is 1. The molecule has 1 aromatic heterocycles. The second-order valence-electron chi connectivity index (χ2n) is 4.79. The second kappa shape index (κ2) is 7.35. The van der Waals surface area contributed by atoms with Gasteiger partial charge >= 0.3 is 0 Å². The van der Waals surface area contributed by atoms with Crippen molar-refractivity contribution >= 4 is 21.4 Å². The van der Waals surface area contributed by atoms with Crippen molar-refractivity contribution < 1.29 is 13.2 Å². The topological polar surface area (TPSA) is 67.4 Å². The Labute approximate surface area is 119 Å². The molecule has 2 N–H and O–H groups in total. The highest BCUT2D eigenvalue weighted by Crippen LogP contribution is 2.20. The SMILES string of the molecule is COCC(C)NS(=O)(=O)c1cc(CNC(C)C)cs1. The summed E-state index contributed by atoms with van der Waals surface area (Å²) in [6.07, 6.45) is 0. The molecule has 5 nitrogen and oxygen atoms in total. The smallest absolute Gasteiger partial charge is 0.250 e. The van der Waals surface area contributed by atoms with Gasteiger partial charge in [0.25, 0.3) is 0 Å². The van der Waals surface area contributed by atoms with Crippen molar-refractivity contribution in [3.63, 3.8) is 0 Å². The first-order valence-corrected chi connectivity index (χ1v) is 8.53. The van der Waals surface area contributed by atoms with Gasteiger partial charge in [0.15, 0.2) is 0 Å². The molecule has 1 aromatic rings. The third-order valence-corrected chi connectivity index (χ3v) is 5.46. The first kappa shape index (κ1) is 16.6. The fourth-order valence-corrected chi connectivity index (χ4v) is 3.97. The summed E-state index contributed by atoms with van der Waals surface area (Å²) in [7, 11) is -1.89. The Hall–Kier alpha value is -0.470. The van der Waals surface area contributed by atoms with Crippen LogP contribution in [0.1, 0.15) is 26.3 Å². The number of thiophene rings is 1. The summed E-state index contributed by atoms with van der Waals surface area (Å²) < 4.78 is 32.0. The van der Waals surface area contributed by atoms with Gasteiger partial charge in [0.1, 0.15) is 4.21 Å². The number of hydrogen-bond donors (Lipinski definition) is 2. The molecule has 0 saturated carbocycles. The number of hydrogen-bond acceptors (Lipinski definition) is 5. The first-order valence-electron chi connectivity index (χ1n) is 6.17. The van der Waals surface area contributed by atoms with Crippen LogP contribution >= 0.6 is 11.3 Å². The zero-order valence-corrected chi connectivity index (χ0v) is 13.4. The van der Waals surface area contributed by atoms with E-state index in [1.807, 2.05) is 5.38 Å². The van der Waals surface area contributed by atoms with Crippen LogP contribution in [0.3, 0.4) is 0 Å². The van der Waals surface area contributed by atoms with Crippen LogP contribution in [0, 0.1) is 0 Å². The molecular formula is C12H22N2O3S2. The third kappa shape index (κ3) is 5.58. The van der Waals surface area contributed by atoms with Crippen molar-refractivity contribution in [2.45, 2.75) is 43.6 Å². The number of nitrogens with one attached hydrogen (secondary N) is 2. The van der Waals surface area contributed by atoms with Crippen LogP contribution in [0.4, 0.5) is 0 Å². The van der Waals surface area contributed by atoms with Gasteiger partial charge in [-0.25, -0.2) is 13.1 Å². The summed E-state index contributed by atoms with van der Waals surface area (Å²) in [5.41, 5.74) is 0.985. The molecule has 19 heavy (non-hydrogen) atoms. The van der Waals surface area contributed by atoms with Gasteiger partial charge in [-0.1, -0.05) is 13.8 Å². The first-order chi connectivity index (χ1) is 8.85. The van der Waals surface area contributed by atoms with Crippen LogP contribution in [-0.2, 0) is 21.3 Å². The van der Waals surface area contributed by atoms with Gasteiger partial charge in [0.2, 0.25) is 10.0 Å². The number of rotatable bonds is 8. The van der Waals surface area contributed by atoms with Crippen molar-refractivity contribution in [2.75, 3.05) is 13.7 Å². The Bertz CT molecular complexity index is 483. The van der Waals surface area contributed by atoms with Crippen molar-refractivity contribution in [2.24, 2.45) is 0 Å². The fourth-order valence-electron chi connectivity index (χ4n) is 1.52. The summed E-state index contributed by atoms with van der Waals surface area (Å²) in [6.45, 7) is 6.91. The van der Waals surface area contributed by atoms with Crippen molar-refractivity contribution in [3.05, 3.63) is 17.0 Å². The van der Waals surface area contributed by atoms with E-state index in [1.165, 1.54) is 11.3 Å². The average Bonchev–Trinajstić information content (AvgIpc) is 2.75. The largest absolute Gasteiger partial charge is 0.383 e. The van der Waals surface area contributed by atoms with Gasteiger partial charge in [0, 0.05) is 25.7 Å². The number of sulfonamides is 1. The van der Waals surface area contributed by atoms with Crippen molar-refractivity contribution in [1.29, 1.82) is 0 Å². The Morgan fingerprint density at radius 3 is 2.63 bits per heavy atom. The van der Waals surface area contributed by atoms with Crippen molar-refractivity contribution in [1.82, 2.24) is 10.0 Å². The van der Waals surface area contributed by atoms with E-state index in [4.69, 9.17) is 4.74 Å². The van der Waals surface area contributed by atoms with E-state index < -0.39 is 10.0 Å². The summed E-state index contributed by atoms with van der Waals surface area (Å²) in [6, 6.07) is 1.84. The highest BCUT2D eigenvalue weighted by atomic mass is 32.2. The molecule has 1 rings (SSSR count). The van der Waals surface area contributed by atoms with E-state index in [2.05, 4.69) is 23.9 Å². The molecule has 0 aliphatic heterocycles. The molecule has 0 bridgehead atoms. The normalized spacial score (nSPS) is 13.9. The summed E-state index contributed by atoms with van der Waals surface area (Å²) in [4.78, 5) is 0. The maximum absolute atomic E-state index is 12.1. The zero-order valence-electron chi connectivity index (χ0n) is 11.8. The van der Waals surface area contributed by atoms with E-state index in [-0.39, 0.29) is 6.04 Å². The molecule has 0 amide bonds. The fraction of sp³-hybridized carbons (Fsp3) is 0.667. The quantitative estimate of drug-likeness (QED) is 0.765. The lowest BCUT2D eigenvalue weighted by atomic mass is 10.3. The molecule has 0 spiro atoms. The Morgan fingerprint density at radius 2 is 2.05 bits per heavy atom. The predicted molar refractivity (Wildman–Crippen MR) is 78.0 cm³/mol. The zero-order chi connectivity index (χ0) is 14.5. The lowest BCUT2D eigenvalue weighted by Crippen LogP contribution is -2.35. The molecule has 0 saturated heterocycles. The maximum Gasteiger partial charge on any atom is 0.250 e. The standard InChI is InChI=1S/C12H22N2O3S2/c1-9(2)13-6-11-5-12(18-8-11)19(15,16)14-10(3)7-17-4/h5,8-10,13-14H,6-7H2,1-4H3. The van der Waals surface area contributed by atoms with E-state index in [1.54, 1.807) is 20.1 Å². The molecule has 7 heteroatoms. The van der Waals surface area contributed by atoms with Gasteiger partial charge in [0.05, 0.1) is 6.61 Å². The van der Waals surface area contributed by atoms with Crippen LogP contribution in [0.5, 0.6) is 0 Å². The minimum Gasteiger partial charge on any atom is -0.383 e. The molecular weight excluding hydrogens is 284 g/mol. The second-order valence-corrected chi connectivity index (χ2v) is 7.64. The van der Waals surface area contributed by atoms with Gasteiger partial charge in [-0.05, 0) is 23.9 Å². The Kier molecular flexibility index (Phi) is 6.41. The molecule has 0 aliphatic rings. The third-order valence-electron chi connectivity index (χ3n) is 2.38. The molecule has 1 unspecified atom stereocenters. The predicted octanol–water partition coefficient (Wildman–Crippen LogP) is 1.56. The lowest BCUT2D eigenvalue weighted by molar-refractivity contribution is 0.180. The van der Waals surface area contributed by atoms with Gasteiger partial charge in [-0.15, -0.1) is 11.3 Å². The summed E-state index contributed by atoms with van der Waals surface area (Å²) in [5, 5.41) is 5.13. The summed E-state index contributed by atoms with van der Waals surface area (Å²) >= 11 is 1.24. The molecule has 0 fully saturated rings. The summed E-state index contributed by atoms with van der Waals surface area (Å²) in [5.74, 6) is 0. The molecule has 0 aromatic carbocycles.